The van der Waals surface area contributed by atoms with E-state index in [2.05, 4.69) is 39.1 Å². The Kier molecular flexibility index (Phi) is 8.37. The van der Waals surface area contributed by atoms with Crippen LogP contribution in [0.1, 0.15) is 30.3 Å². The van der Waals surface area contributed by atoms with Crippen LogP contribution in [0.2, 0.25) is 5.02 Å². The molecule has 3 rings (SSSR count). The van der Waals surface area contributed by atoms with Gasteiger partial charge in [0.2, 0.25) is 5.91 Å². The minimum absolute atomic E-state index is 0.0953. The van der Waals surface area contributed by atoms with E-state index in [0.29, 0.717) is 5.02 Å². The summed E-state index contributed by atoms with van der Waals surface area (Å²) in [6.07, 6.45) is 2.77. The van der Waals surface area contributed by atoms with Crippen molar-refractivity contribution in [1.29, 1.82) is 0 Å². The fourth-order valence-electron chi connectivity index (χ4n) is 3.22. The van der Waals surface area contributed by atoms with E-state index >= 15 is 0 Å². The van der Waals surface area contributed by atoms with E-state index in [-0.39, 0.29) is 11.7 Å². The Labute approximate surface area is 192 Å². The molecule has 6 nitrogen and oxygen atoms in total. The zero-order valence-corrected chi connectivity index (χ0v) is 19.6. The number of anilines is 1. The summed E-state index contributed by atoms with van der Waals surface area (Å²) in [5, 5.41) is 12.9. The van der Waals surface area contributed by atoms with E-state index in [0.717, 1.165) is 53.8 Å². The highest BCUT2D eigenvalue weighted by molar-refractivity contribution is 7.99. The molecule has 0 aliphatic carbocycles. The summed E-state index contributed by atoms with van der Waals surface area (Å²) in [7, 11) is 1.67. The molecule has 0 spiro atoms. The second kappa shape index (κ2) is 11.2. The van der Waals surface area contributed by atoms with Gasteiger partial charge in [-0.2, -0.15) is 0 Å². The third-order valence-corrected chi connectivity index (χ3v) is 6.14. The molecule has 3 aromatic rings. The second-order valence-electron chi connectivity index (χ2n) is 7.14. The Balaban J connectivity index is 1.52. The number of hydrogen-bond donors (Lipinski definition) is 1. The van der Waals surface area contributed by atoms with E-state index < -0.39 is 0 Å². The van der Waals surface area contributed by atoms with Crippen molar-refractivity contribution in [3.05, 3.63) is 64.4 Å². The van der Waals surface area contributed by atoms with Crippen molar-refractivity contribution in [2.75, 3.05) is 18.2 Å². The summed E-state index contributed by atoms with van der Waals surface area (Å²) in [5.41, 5.74) is 2.97. The van der Waals surface area contributed by atoms with Crippen LogP contribution in [-0.2, 0) is 24.2 Å². The first-order chi connectivity index (χ1) is 15.0. The van der Waals surface area contributed by atoms with Crippen LogP contribution < -0.4 is 10.1 Å². The lowest BCUT2D eigenvalue weighted by Gasteiger charge is -2.10. The summed E-state index contributed by atoms with van der Waals surface area (Å²) >= 11 is 7.42. The Morgan fingerprint density at radius 2 is 1.94 bits per heavy atom. The maximum absolute atomic E-state index is 12.4. The topological polar surface area (TPSA) is 69.0 Å². The molecule has 0 aliphatic heterocycles. The Morgan fingerprint density at radius 3 is 2.65 bits per heavy atom. The maximum Gasteiger partial charge on any atom is 0.234 e. The Hall–Kier alpha value is -2.51. The lowest BCUT2D eigenvalue weighted by Crippen LogP contribution is -2.15. The van der Waals surface area contributed by atoms with Gasteiger partial charge in [-0.25, -0.2) is 0 Å². The molecule has 1 amide bonds. The van der Waals surface area contributed by atoms with Crippen molar-refractivity contribution in [2.24, 2.45) is 0 Å². The van der Waals surface area contributed by atoms with Gasteiger partial charge >= 0.3 is 0 Å². The summed E-state index contributed by atoms with van der Waals surface area (Å²) in [4.78, 5) is 12.4. The van der Waals surface area contributed by atoms with Crippen LogP contribution in [0.3, 0.4) is 0 Å². The van der Waals surface area contributed by atoms with Gasteiger partial charge in [0.1, 0.15) is 11.6 Å². The van der Waals surface area contributed by atoms with Crippen molar-refractivity contribution in [2.45, 2.75) is 44.8 Å². The summed E-state index contributed by atoms with van der Waals surface area (Å²) in [5.74, 6) is 1.98. The van der Waals surface area contributed by atoms with Gasteiger partial charge in [0.05, 0.1) is 12.9 Å². The number of methoxy groups -OCH3 is 1. The Morgan fingerprint density at radius 1 is 1.16 bits per heavy atom. The molecule has 1 aromatic heterocycles. The van der Waals surface area contributed by atoms with Crippen molar-refractivity contribution < 1.29 is 9.53 Å². The molecular formula is C23H27ClN4O2S. The van der Waals surface area contributed by atoms with Gasteiger partial charge in [-0.05, 0) is 62.1 Å². The molecule has 1 N–H and O–H groups in total. The van der Waals surface area contributed by atoms with Crippen molar-refractivity contribution in [3.8, 4) is 5.75 Å². The number of nitrogens with zero attached hydrogens (tertiary/aromatic N) is 3. The monoisotopic (exact) mass is 458 g/mol. The molecule has 1 heterocycles. The standard InChI is InChI=1S/C23H27ClN4O2S/c1-4-28-21(7-5-6-17-9-12-19(30-3)13-10-17)26-27-23(28)31-15-22(29)25-20-14-18(24)11-8-16(20)2/h8-14H,4-7,15H2,1-3H3,(H,25,29). The number of carbonyl (C=O) groups is 1. The highest BCUT2D eigenvalue weighted by Gasteiger charge is 2.14. The number of ether oxygens (including phenoxy) is 1. The van der Waals surface area contributed by atoms with E-state index in [9.17, 15) is 4.79 Å². The molecule has 0 saturated heterocycles. The van der Waals surface area contributed by atoms with Gasteiger partial charge in [0.15, 0.2) is 5.16 Å². The molecule has 164 valence electrons. The molecule has 0 unspecified atom stereocenters. The highest BCUT2D eigenvalue weighted by Crippen LogP contribution is 2.22. The zero-order chi connectivity index (χ0) is 22.2. The fraction of sp³-hybridized carbons (Fsp3) is 0.348. The molecule has 2 aromatic carbocycles. The van der Waals surface area contributed by atoms with Gasteiger partial charge < -0.3 is 14.6 Å². The number of thioether (sulfide) groups is 1. The second-order valence-corrected chi connectivity index (χ2v) is 8.52. The SMILES string of the molecule is CCn1c(CCCc2ccc(OC)cc2)nnc1SCC(=O)Nc1cc(Cl)ccc1C. The number of aryl methyl sites for hydroxylation is 3. The van der Waals surface area contributed by atoms with Gasteiger partial charge in [0.25, 0.3) is 0 Å². The molecule has 0 fully saturated rings. The number of halogens is 1. The van der Waals surface area contributed by atoms with Crippen molar-refractivity contribution in [1.82, 2.24) is 14.8 Å². The van der Waals surface area contributed by atoms with Crippen LogP contribution in [-0.4, -0.2) is 33.5 Å². The molecule has 0 radical (unpaired) electrons. The number of rotatable bonds is 10. The van der Waals surface area contributed by atoms with E-state index in [1.54, 1.807) is 19.2 Å². The van der Waals surface area contributed by atoms with Crippen molar-refractivity contribution in [3.63, 3.8) is 0 Å². The fourth-order valence-corrected chi connectivity index (χ4v) is 4.21. The third kappa shape index (κ3) is 6.48. The quantitative estimate of drug-likeness (QED) is 0.424. The van der Waals surface area contributed by atoms with Crippen LogP contribution in [0.5, 0.6) is 5.75 Å². The number of carbonyl (C=O) groups excluding carboxylic acids is 1. The first kappa shape index (κ1) is 23.2. The largest absolute Gasteiger partial charge is 0.497 e. The van der Waals surface area contributed by atoms with Gasteiger partial charge in [-0.3, -0.25) is 4.79 Å². The average molecular weight is 459 g/mol. The lowest BCUT2D eigenvalue weighted by molar-refractivity contribution is -0.113. The average Bonchev–Trinajstić information content (AvgIpc) is 3.17. The first-order valence-corrected chi connectivity index (χ1v) is 11.6. The predicted molar refractivity (Wildman–Crippen MR) is 126 cm³/mol. The van der Waals surface area contributed by atoms with Crippen LogP contribution in [0.4, 0.5) is 5.69 Å². The summed E-state index contributed by atoms with van der Waals surface area (Å²) in [6.45, 7) is 4.77. The number of nitrogens with one attached hydrogen (secondary N) is 1. The minimum Gasteiger partial charge on any atom is -0.497 e. The van der Waals surface area contributed by atoms with E-state index in [4.69, 9.17) is 16.3 Å². The van der Waals surface area contributed by atoms with Gasteiger partial charge in [-0.15, -0.1) is 10.2 Å². The molecule has 31 heavy (non-hydrogen) atoms. The molecule has 0 atom stereocenters. The van der Waals surface area contributed by atoms with Crippen molar-refractivity contribution >= 4 is 35.0 Å². The lowest BCUT2D eigenvalue weighted by atomic mass is 10.1. The first-order valence-electron chi connectivity index (χ1n) is 10.2. The Bertz CT molecular complexity index is 1020. The summed E-state index contributed by atoms with van der Waals surface area (Å²) < 4.78 is 7.28. The van der Waals surface area contributed by atoms with Crippen LogP contribution in [0, 0.1) is 6.92 Å². The number of aromatic nitrogens is 3. The van der Waals surface area contributed by atoms with E-state index in [1.165, 1.54) is 17.3 Å². The third-order valence-electron chi connectivity index (χ3n) is 4.94. The molecule has 0 aliphatic rings. The smallest absolute Gasteiger partial charge is 0.234 e. The normalized spacial score (nSPS) is 10.8. The molecule has 8 heteroatoms. The summed E-state index contributed by atoms with van der Waals surface area (Å²) in [6, 6.07) is 13.6. The van der Waals surface area contributed by atoms with Crippen LogP contribution >= 0.6 is 23.4 Å². The maximum atomic E-state index is 12.4. The molecular weight excluding hydrogens is 432 g/mol. The minimum atomic E-state index is -0.0953. The van der Waals surface area contributed by atoms with Gasteiger partial charge in [-0.1, -0.05) is 41.6 Å². The van der Waals surface area contributed by atoms with Crippen LogP contribution in [0.15, 0.2) is 47.6 Å². The molecule has 0 bridgehead atoms. The zero-order valence-electron chi connectivity index (χ0n) is 18.0. The molecule has 0 saturated carbocycles. The highest BCUT2D eigenvalue weighted by atomic mass is 35.5. The number of benzene rings is 2. The van der Waals surface area contributed by atoms with Crippen LogP contribution in [0.25, 0.3) is 0 Å². The number of hydrogen-bond acceptors (Lipinski definition) is 5. The number of amides is 1. The van der Waals surface area contributed by atoms with Gasteiger partial charge in [0, 0.05) is 23.7 Å². The van der Waals surface area contributed by atoms with E-state index in [1.807, 2.05) is 25.1 Å². The predicted octanol–water partition coefficient (Wildman–Crippen LogP) is 5.17.